The molecule has 0 aliphatic carbocycles. The van der Waals surface area contributed by atoms with E-state index in [1.807, 2.05) is 6.92 Å². The Balaban J connectivity index is 0.00000324. The standard InChI is InChI=1S/C11H14ClN3O3.ClH/c1-2-13-5-6-14-11(16)9-4-3-8(15(17)18)7-10(9)12;/h3-4,7,13H,2,5-6H2,1H3,(H,14,16);1H. The number of carbonyl (C=O) groups is 1. The maximum Gasteiger partial charge on any atom is 0.270 e. The van der Waals surface area contributed by atoms with Crippen LogP contribution in [0.5, 0.6) is 0 Å². The van der Waals surface area contributed by atoms with Crippen molar-refractivity contribution in [3.63, 3.8) is 0 Å². The van der Waals surface area contributed by atoms with Crippen LogP contribution in [0.1, 0.15) is 17.3 Å². The molecule has 6 nitrogen and oxygen atoms in total. The number of nitrogens with one attached hydrogen (secondary N) is 2. The summed E-state index contributed by atoms with van der Waals surface area (Å²) in [6.45, 7) is 3.93. The van der Waals surface area contributed by atoms with E-state index in [1.165, 1.54) is 18.2 Å². The molecule has 1 aromatic rings. The van der Waals surface area contributed by atoms with Gasteiger partial charge in [0.25, 0.3) is 11.6 Å². The van der Waals surface area contributed by atoms with Gasteiger partial charge in [-0.2, -0.15) is 0 Å². The third-order valence-electron chi connectivity index (χ3n) is 2.25. The van der Waals surface area contributed by atoms with Crippen LogP contribution in [0.15, 0.2) is 18.2 Å². The van der Waals surface area contributed by atoms with Crippen LogP contribution >= 0.6 is 24.0 Å². The van der Waals surface area contributed by atoms with Crippen molar-refractivity contribution in [1.82, 2.24) is 10.6 Å². The third-order valence-corrected chi connectivity index (χ3v) is 2.56. The molecule has 0 saturated heterocycles. The summed E-state index contributed by atoms with van der Waals surface area (Å²) >= 11 is 5.83. The smallest absolute Gasteiger partial charge is 0.270 e. The first-order valence-electron chi connectivity index (χ1n) is 5.49. The number of halogens is 2. The number of hydrogen-bond acceptors (Lipinski definition) is 4. The fourth-order valence-corrected chi connectivity index (χ4v) is 1.60. The van der Waals surface area contributed by atoms with Crippen LogP contribution in [0.4, 0.5) is 5.69 Å². The summed E-state index contributed by atoms with van der Waals surface area (Å²) in [6, 6.07) is 3.77. The van der Waals surface area contributed by atoms with Crippen molar-refractivity contribution in [2.75, 3.05) is 19.6 Å². The summed E-state index contributed by atoms with van der Waals surface area (Å²) in [4.78, 5) is 21.7. The molecule has 0 atom stereocenters. The van der Waals surface area contributed by atoms with Gasteiger partial charge in [0.2, 0.25) is 0 Å². The average molecular weight is 308 g/mol. The number of nitrogens with zero attached hydrogens (tertiary/aromatic N) is 1. The molecule has 106 valence electrons. The predicted octanol–water partition coefficient (Wildman–Crippen LogP) is 2.01. The minimum atomic E-state index is -0.557. The Morgan fingerprint density at radius 1 is 1.42 bits per heavy atom. The molecule has 1 rings (SSSR count). The van der Waals surface area contributed by atoms with Gasteiger partial charge in [-0.1, -0.05) is 18.5 Å². The lowest BCUT2D eigenvalue weighted by Crippen LogP contribution is -2.31. The van der Waals surface area contributed by atoms with Gasteiger partial charge in [-0.05, 0) is 12.6 Å². The van der Waals surface area contributed by atoms with E-state index in [0.29, 0.717) is 13.1 Å². The van der Waals surface area contributed by atoms with Crippen LogP contribution in [-0.4, -0.2) is 30.5 Å². The largest absolute Gasteiger partial charge is 0.351 e. The average Bonchev–Trinajstić information content (AvgIpc) is 2.34. The van der Waals surface area contributed by atoms with Crippen LogP contribution in [0.25, 0.3) is 0 Å². The number of carbonyl (C=O) groups excluding carboxylic acids is 1. The highest BCUT2D eigenvalue weighted by molar-refractivity contribution is 6.34. The maximum absolute atomic E-state index is 11.7. The number of rotatable bonds is 6. The van der Waals surface area contributed by atoms with Crippen molar-refractivity contribution in [2.24, 2.45) is 0 Å². The molecule has 0 heterocycles. The molecule has 0 radical (unpaired) electrons. The highest BCUT2D eigenvalue weighted by Crippen LogP contribution is 2.22. The SMILES string of the molecule is CCNCCNC(=O)c1ccc([N+](=O)[O-])cc1Cl.Cl. The molecular formula is C11H15Cl2N3O3. The second kappa shape index (κ2) is 8.68. The number of likely N-dealkylation sites (N-methyl/N-ethyl adjacent to an activating group) is 1. The Morgan fingerprint density at radius 3 is 2.63 bits per heavy atom. The van der Waals surface area contributed by atoms with Crippen molar-refractivity contribution >= 4 is 35.6 Å². The van der Waals surface area contributed by atoms with Gasteiger partial charge >= 0.3 is 0 Å². The van der Waals surface area contributed by atoms with Crippen molar-refractivity contribution in [1.29, 1.82) is 0 Å². The molecule has 0 saturated carbocycles. The number of hydrogen-bond donors (Lipinski definition) is 2. The second-order valence-corrected chi connectivity index (χ2v) is 3.94. The first kappa shape index (κ1) is 17.6. The topological polar surface area (TPSA) is 84.3 Å². The normalized spacial score (nSPS) is 9.58. The zero-order chi connectivity index (χ0) is 13.5. The summed E-state index contributed by atoms with van der Waals surface area (Å²) in [7, 11) is 0. The van der Waals surface area contributed by atoms with Gasteiger partial charge in [-0.3, -0.25) is 14.9 Å². The Morgan fingerprint density at radius 2 is 2.11 bits per heavy atom. The Hall–Kier alpha value is -1.37. The highest BCUT2D eigenvalue weighted by atomic mass is 35.5. The molecule has 1 aromatic carbocycles. The van der Waals surface area contributed by atoms with Gasteiger partial charge in [0.05, 0.1) is 15.5 Å². The summed E-state index contributed by atoms with van der Waals surface area (Å²) in [5, 5.41) is 16.3. The van der Waals surface area contributed by atoms with Crippen LogP contribution in [0.3, 0.4) is 0 Å². The molecule has 1 amide bonds. The van der Waals surface area contributed by atoms with E-state index < -0.39 is 4.92 Å². The molecule has 0 fully saturated rings. The van der Waals surface area contributed by atoms with E-state index in [0.717, 1.165) is 6.54 Å². The Labute approximate surface area is 122 Å². The molecule has 0 spiro atoms. The van der Waals surface area contributed by atoms with E-state index in [4.69, 9.17) is 11.6 Å². The van der Waals surface area contributed by atoms with Crippen LogP contribution in [0, 0.1) is 10.1 Å². The van der Waals surface area contributed by atoms with Gasteiger partial charge < -0.3 is 10.6 Å². The molecule has 0 unspecified atom stereocenters. The van der Waals surface area contributed by atoms with Gasteiger partial charge in [0.1, 0.15) is 0 Å². The minimum absolute atomic E-state index is 0. The molecule has 0 aliphatic rings. The number of amides is 1. The lowest BCUT2D eigenvalue weighted by molar-refractivity contribution is -0.384. The maximum atomic E-state index is 11.7. The van der Waals surface area contributed by atoms with Crippen molar-refractivity contribution in [2.45, 2.75) is 6.92 Å². The van der Waals surface area contributed by atoms with E-state index in [9.17, 15) is 14.9 Å². The van der Waals surface area contributed by atoms with Gasteiger partial charge in [-0.15, -0.1) is 12.4 Å². The van der Waals surface area contributed by atoms with Crippen molar-refractivity contribution in [3.05, 3.63) is 38.9 Å². The first-order chi connectivity index (χ1) is 8.56. The lowest BCUT2D eigenvalue weighted by atomic mass is 10.2. The van der Waals surface area contributed by atoms with Crippen molar-refractivity contribution in [3.8, 4) is 0 Å². The third kappa shape index (κ3) is 5.42. The fourth-order valence-electron chi connectivity index (χ4n) is 1.34. The molecule has 2 N–H and O–H groups in total. The molecule has 19 heavy (non-hydrogen) atoms. The van der Waals surface area contributed by atoms with E-state index in [2.05, 4.69) is 10.6 Å². The molecule has 0 aliphatic heterocycles. The molecule has 0 bridgehead atoms. The van der Waals surface area contributed by atoms with Gasteiger partial charge in [0.15, 0.2) is 0 Å². The molecule has 0 aromatic heterocycles. The summed E-state index contributed by atoms with van der Waals surface area (Å²) in [6.07, 6.45) is 0. The minimum Gasteiger partial charge on any atom is -0.351 e. The van der Waals surface area contributed by atoms with E-state index >= 15 is 0 Å². The van der Waals surface area contributed by atoms with E-state index in [-0.39, 0.29) is 34.6 Å². The predicted molar refractivity (Wildman–Crippen MR) is 76.2 cm³/mol. The Kier molecular flexibility index (Phi) is 8.06. The summed E-state index contributed by atoms with van der Waals surface area (Å²) < 4.78 is 0. The first-order valence-corrected chi connectivity index (χ1v) is 5.87. The van der Waals surface area contributed by atoms with Gasteiger partial charge in [-0.25, -0.2) is 0 Å². The lowest BCUT2D eigenvalue weighted by Gasteiger charge is -2.06. The zero-order valence-corrected chi connectivity index (χ0v) is 11.9. The summed E-state index contributed by atoms with van der Waals surface area (Å²) in [5.74, 6) is -0.340. The van der Waals surface area contributed by atoms with Crippen LogP contribution < -0.4 is 10.6 Å². The number of non-ortho nitro benzene ring substituents is 1. The van der Waals surface area contributed by atoms with Gasteiger partial charge in [0, 0.05) is 25.2 Å². The quantitative estimate of drug-likeness (QED) is 0.478. The fraction of sp³-hybridized carbons (Fsp3) is 0.364. The monoisotopic (exact) mass is 307 g/mol. The highest BCUT2D eigenvalue weighted by Gasteiger charge is 2.14. The number of nitro benzene ring substituents is 1. The van der Waals surface area contributed by atoms with Crippen molar-refractivity contribution < 1.29 is 9.72 Å². The number of nitro groups is 1. The van der Waals surface area contributed by atoms with E-state index in [1.54, 1.807) is 0 Å². The zero-order valence-electron chi connectivity index (χ0n) is 10.3. The summed E-state index contributed by atoms with van der Waals surface area (Å²) in [5.41, 5.74) is 0.1000. The molecule has 8 heteroatoms. The molecular weight excluding hydrogens is 293 g/mol. The number of benzene rings is 1. The van der Waals surface area contributed by atoms with Crippen LogP contribution in [0.2, 0.25) is 5.02 Å². The second-order valence-electron chi connectivity index (χ2n) is 3.53. The van der Waals surface area contributed by atoms with Crippen LogP contribution in [-0.2, 0) is 0 Å². The Bertz CT molecular complexity index is 455.